The summed E-state index contributed by atoms with van der Waals surface area (Å²) < 4.78 is 126. The van der Waals surface area contributed by atoms with Crippen LogP contribution in [0.15, 0.2) is 46.0 Å². The number of nitrogens with zero attached hydrogens (tertiary/aromatic N) is 5. The highest BCUT2D eigenvalue weighted by molar-refractivity contribution is 7.89. The molecule has 0 aliphatic heterocycles. The predicted molar refractivity (Wildman–Crippen MR) is 236 cm³/mol. The van der Waals surface area contributed by atoms with Gasteiger partial charge in [0.05, 0.1) is 99.9 Å². The fourth-order valence-electron chi connectivity index (χ4n) is 6.37. The van der Waals surface area contributed by atoms with Crippen molar-refractivity contribution in [3.63, 3.8) is 0 Å². The van der Waals surface area contributed by atoms with E-state index in [-0.39, 0.29) is 64.4 Å². The molecule has 5 rings (SSSR count). The second kappa shape index (κ2) is 19.6. The van der Waals surface area contributed by atoms with Gasteiger partial charge in [-0.3, -0.25) is 14.2 Å². The van der Waals surface area contributed by atoms with Crippen LogP contribution >= 0.6 is 0 Å². The molecule has 0 aliphatic carbocycles. The number of sulfone groups is 1. The van der Waals surface area contributed by atoms with Crippen LogP contribution in [0.5, 0.6) is 0 Å². The van der Waals surface area contributed by atoms with Gasteiger partial charge in [0.15, 0.2) is 9.84 Å². The van der Waals surface area contributed by atoms with Crippen molar-refractivity contribution in [3.05, 3.63) is 85.3 Å². The van der Waals surface area contributed by atoms with E-state index in [1.165, 1.54) is 15.4 Å². The van der Waals surface area contributed by atoms with E-state index in [0.717, 1.165) is 31.6 Å². The van der Waals surface area contributed by atoms with Crippen molar-refractivity contribution in [1.29, 1.82) is 0 Å². The van der Waals surface area contributed by atoms with E-state index in [4.69, 9.17) is 15.2 Å². The monoisotopic (exact) mass is 961 g/mol. The Morgan fingerprint density at radius 2 is 1.22 bits per heavy atom. The van der Waals surface area contributed by atoms with Crippen molar-refractivity contribution in [3.8, 4) is 22.5 Å². The number of aromatic nitrogens is 6. The minimum atomic E-state index is -4.81. The standard InChI is InChI=1S/C21H27F3N4O5SSi.C19H26F3N3O3Si/c1-13-8-18(28(26-13)6-7-33-12-35(3,4)5)14-9-15-17(10-16(14)21(22,23)24)25-20(30)27(19(15)29)11-34(2,31)32;1-12-8-17(25(24-12)6-7-28-11-29(3,4)5)13-9-14(18(26)27-2)16(23)10-15(13)19(20,21)22/h8-10H,6-7,11-12H2,1-5H3,(H,25,30);8-10H,6-7,11,23H2,1-5H3. The fraction of sp³-hybridized carbons (Fsp3) is 0.475. The molecule has 0 amide bonds. The van der Waals surface area contributed by atoms with E-state index < -0.39 is 72.6 Å². The molecule has 3 aromatic heterocycles. The maximum atomic E-state index is 14.0. The van der Waals surface area contributed by atoms with Crippen molar-refractivity contribution < 1.29 is 53.8 Å². The molecule has 0 saturated carbocycles. The van der Waals surface area contributed by atoms with E-state index in [1.54, 1.807) is 19.9 Å². The van der Waals surface area contributed by atoms with E-state index in [2.05, 4.69) is 59.2 Å². The van der Waals surface area contributed by atoms with Crippen molar-refractivity contribution >= 4 is 48.5 Å². The number of anilines is 1. The number of aryl methyl sites for hydroxylation is 2. The van der Waals surface area contributed by atoms with E-state index >= 15 is 0 Å². The van der Waals surface area contributed by atoms with Gasteiger partial charge in [-0.15, -0.1) is 0 Å². The Morgan fingerprint density at radius 3 is 1.64 bits per heavy atom. The number of carbonyl (C=O) groups excluding carboxylic acids is 1. The van der Waals surface area contributed by atoms with Gasteiger partial charge >= 0.3 is 24.0 Å². The highest BCUT2D eigenvalue weighted by Gasteiger charge is 2.37. The number of ether oxygens (including phenoxy) is 3. The molecule has 0 fully saturated rings. The van der Waals surface area contributed by atoms with Gasteiger partial charge in [0.1, 0.15) is 5.88 Å². The zero-order valence-corrected chi connectivity index (χ0v) is 40.0. The molecule has 0 radical (unpaired) electrons. The van der Waals surface area contributed by atoms with Crippen LogP contribution in [0, 0.1) is 13.8 Å². The van der Waals surface area contributed by atoms with Gasteiger partial charge in [0.25, 0.3) is 5.56 Å². The number of halogens is 6. The number of carbonyl (C=O) groups is 1. The number of aromatic amines is 1. The fourth-order valence-corrected chi connectivity index (χ4v) is 8.59. The highest BCUT2D eigenvalue weighted by Crippen LogP contribution is 2.41. The third-order valence-corrected chi connectivity index (χ3v) is 11.9. The Kier molecular flexibility index (Phi) is 15.8. The Labute approximate surface area is 367 Å². The molecule has 0 bridgehead atoms. The van der Waals surface area contributed by atoms with E-state index in [0.29, 0.717) is 41.1 Å². The molecule has 352 valence electrons. The number of nitrogens with one attached hydrogen (secondary N) is 1. The number of hydrogen-bond donors (Lipinski definition) is 2. The highest BCUT2D eigenvalue weighted by atomic mass is 32.2. The molecule has 15 nitrogen and oxygen atoms in total. The first kappa shape index (κ1) is 51.6. The minimum Gasteiger partial charge on any atom is -0.465 e. The molecular formula is C40H53F6N7O8SSi2. The lowest BCUT2D eigenvalue weighted by molar-refractivity contribution is -0.137. The smallest absolute Gasteiger partial charge is 0.417 e. The van der Waals surface area contributed by atoms with Crippen molar-refractivity contribution in [2.24, 2.45) is 0 Å². The van der Waals surface area contributed by atoms with Crippen molar-refractivity contribution in [2.75, 3.05) is 44.8 Å². The molecule has 2 aromatic carbocycles. The van der Waals surface area contributed by atoms with Gasteiger partial charge in [-0.1, -0.05) is 39.3 Å². The lowest BCUT2D eigenvalue weighted by atomic mass is 9.98. The number of fused-ring (bicyclic) bond motifs is 1. The topological polar surface area (TPSA) is 195 Å². The summed E-state index contributed by atoms with van der Waals surface area (Å²) in [5, 5.41) is 8.33. The van der Waals surface area contributed by atoms with Crippen molar-refractivity contribution in [1.82, 2.24) is 29.1 Å². The van der Waals surface area contributed by atoms with Crippen LogP contribution in [0.1, 0.15) is 32.9 Å². The molecule has 5 aromatic rings. The molecule has 3 heterocycles. The molecule has 3 N–H and O–H groups in total. The predicted octanol–water partition coefficient (Wildman–Crippen LogP) is 6.92. The minimum absolute atomic E-state index is 0.119. The number of methoxy groups -OCH3 is 1. The van der Waals surface area contributed by atoms with Gasteiger partial charge < -0.3 is 24.9 Å². The third kappa shape index (κ3) is 13.7. The average Bonchev–Trinajstić information content (AvgIpc) is 3.71. The Bertz CT molecular complexity index is 2730. The molecule has 0 unspecified atom stereocenters. The SMILES string of the molecule is COC(=O)c1cc(-c2cc(C)nn2CCOC[Si](C)(C)C)c(C(F)(F)F)cc1N.Cc1cc(-c2cc3c(=O)n(CS(C)(=O)=O)c(=O)[nH]c3cc2C(F)(F)F)n(CCOC[Si](C)(C)C)n1. The van der Waals surface area contributed by atoms with Gasteiger partial charge in [-0.2, -0.15) is 36.5 Å². The Morgan fingerprint density at radius 1 is 0.766 bits per heavy atom. The molecule has 24 heteroatoms. The number of nitrogens with two attached hydrogens (primary N) is 1. The van der Waals surface area contributed by atoms with Gasteiger partial charge in [-0.05, 0) is 50.2 Å². The van der Waals surface area contributed by atoms with Crippen LogP contribution in [-0.2, 0) is 55.4 Å². The van der Waals surface area contributed by atoms with E-state index in [9.17, 15) is 49.1 Å². The summed E-state index contributed by atoms with van der Waals surface area (Å²) in [6.07, 6.45) is -7.40. The first-order valence-corrected chi connectivity index (χ1v) is 29.2. The number of H-pyrrole nitrogens is 1. The first-order chi connectivity index (χ1) is 29.3. The number of hydrogen-bond acceptors (Lipinski definition) is 11. The summed E-state index contributed by atoms with van der Waals surface area (Å²) in [5.41, 5.74) is 1.66. The van der Waals surface area contributed by atoms with Gasteiger partial charge in [0, 0.05) is 35.5 Å². The molecule has 0 aliphatic rings. The van der Waals surface area contributed by atoms with Crippen LogP contribution in [0.2, 0.25) is 39.3 Å². The van der Waals surface area contributed by atoms with Crippen molar-refractivity contribution in [2.45, 2.75) is 84.4 Å². The number of rotatable bonds is 15. The summed E-state index contributed by atoms with van der Waals surface area (Å²) in [7, 11) is -5.50. The molecular weight excluding hydrogens is 909 g/mol. The number of esters is 1. The van der Waals surface area contributed by atoms with Crippen LogP contribution < -0.4 is 17.0 Å². The Balaban J connectivity index is 0.000000286. The molecule has 0 saturated heterocycles. The second-order valence-electron chi connectivity index (χ2n) is 17.6. The molecule has 0 atom stereocenters. The Hall–Kier alpha value is -5.05. The molecule has 0 spiro atoms. The van der Waals surface area contributed by atoms with E-state index in [1.807, 2.05) is 0 Å². The zero-order valence-electron chi connectivity index (χ0n) is 37.2. The number of nitrogen functional groups attached to an aromatic ring is 1. The molecule has 64 heavy (non-hydrogen) atoms. The summed E-state index contributed by atoms with van der Waals surface area (Å²) in [6, 6.07) is 6.59. The summed E-state index contributed by atoms with van der Waals surface area (Å²) in [4.78, 5) is 39.3. The zero-order chi connectivity index (χ0) is 48.3. The third-order valence-electron chi connectivity index (χ3n) is 9.01. The average molecular weight is 962 g/mol. The lowest BCUT2D eigenvalue weighted by Crippen LogP contribution is -2.37. The second-order valence-corrected chi connectivity index (χ2v) is 30.6. The summed E-state index contributed by atoms with van der Waals surface area (Å²) in [6.45, 7) is 17.2. The van der Waals surface area contributed by atoms with Gasteiger partial charge in [-0.25, -0.2) is 22.6 Å². The largest absolute Gasteiger partial charge is 0.465 e. The summed E-state index contributed by atoms with van der Waals surface area (Å²) in [5.74, 6) is -1.71. The first-order valence-electron chi connectivity index (χ1n) is 19.7. The quantitative estimate of drug-likeness (QED) is 0.0364. The maximum Gasteiger partial charge on any atom is 0.417 e. The number of alkyl halides is 6. The summed E-state index contributed by atoms with van der Waals surface area (Å²) >= 11 is 0. The maximum absolute atomic E-state index is 14.0. The van der Waals surface area contributed by atoms with Crippen LogP contribution in [0.3, 0.4) is 0 Å². The van der Waals surface area contributed by atoms with Crippen LogP contribution in [0.4, 0.5) is 32.0 Å². The lowest BCUT2D eigenvalue weighted by Gasteiger charge is -2.18. The van der Waals surface area contributed by atoms with Crippen LogP contribution in [0.25, 0.3) is 33.4 Å². The number of benzene rings is 2. The van der Waals surface area contributed by atoms with Gasteiger partial charge in [0.2, 0.25) is 0 Å². The normalized spacial score (nSPS) is 12.7. The van der Waals surface area contributed by atoms with Crippen LogP contribution in [-0.4, -0.2) is 98.7 Å².